The number of piperazine rings is 1. The van der Waals surface area contributed by atoms with Gasteiger partial charge in [-0.1, -0.05) is 0 Å². The maximum Gasteiger partial charge on any atom is 0.249 e. The third-order valence-corrected chi connectivity index (χ3v) is 2.99. The van der Waals surface area contributed by atoms with E-state index in [0.717, 1.165) is 11.4 Å². The molecule has 1 saturated heterocycles. The summed E-state index contributed by atoms with van der Waals surface area (Å²) in [4.78, 5) is 28.9. The minimum absolute atomic E-state index is 0.136. The molecule has 1 aliphatic heterocycles. The van der Waals surface area contributed by atoms with Crippen LogP contribution in [0.25, 0.3) is 0 Å². The van der Waals surface area contributed by atoms with Gasteiger partial charge in [0.1, 0.15) is 6.04 Å². The van der Waals surface area contributed by atoms with Crippen LogP contribution in [0.5, 0.6) is 0 Å². The van der Waals surface area contributed by atoms with Crippen LogP contribution in [0.3, 0.4) is 0 Å². The highest BCUT2D eigenvalue weighted by Gasteiger charge is 2.30. The lowest BCUT2D eigenvalue weighted by Crippen LogP contribution is -2.57. The van der Waals surface area contributed by atoms with E-state index in [0.29, 0.717) is 0 Å². The zero-order valence-electron chi connectivity index (χ0n) is 10.4. The smallest absolute Gasteiger partial charge is 0.249 e. The Morgan fingerprint density at radius 2 is 2.22 bits per heavy atom. The molecule has 96 valence electrons. The molecular formula is C12H16N4O2. The predicted molar refractivity (Wildman–Crippen MR) is 66.8 cm³/mol. The molecule has 1 aromatic heterocycles. The molecule has 6 heteroatoms. The molecule has 0 saturated carbocycles. The van der Waals surface area contributed by atoms with E-state index in [2.05, 4.69) is 10.3 Å². The topological polar surface area (TPSA) is 88.3 Å². The summed E-state index contributed by atoms with van der Waals surface area (Å²) in [5.41, 5.74) is 7.24. The molecule has 0 aliphatic carbocycles. The minimum atomic E-state index is -0.384. The monoisotopic (exact) mass is 248 g/mol. The Kier molecular flexibility index (Phi) is 3.29. The fraction of sp³-hybridized carbons (Fsp3) is 0.417. The number of nitrogens with two attached hydrogens (primary N) is 1. The zero-order valence-corrected chi connectivity index (χ0v) is 10.4. The number of carbonyl (C=O) groups is 2. The van der Waals surface area contributed by atoms with Gasteiger partial charge in [0.2, 0.25) is 11.8 Å². The molecule has 3 N–H and O–H groups in total. The van der Waals surface area contributed by atoms with E-state index in [1.54, 1.807) is 18.0 Å². The van der Waals surface area contributed by atoms with Crippen LogP contribution in [0.2, 0.25) is 0 Å². The average molecular weight is 248 g/mol. The standard InChI is InChI=1S/C12H16N4O2/c1-7(13)10-4-3-9(5-14-10)16-6-11(17)15-12(18)8(16)2/h3-5,7-8H,6,13H2,1-2H3,(H,15,17,18)/t7-,8?/m0/s1. The van der Waals surface area contributed by atoms with Gasteiger partial charge in [0.25, 0.3) is 0 Å². The third-order valence-electron chi connectivity index (χ3n) is 2.99. The Morgan fingerprint density at radius 1 is 1.50 bits per heavy atom. The molecule has 0 radical (unpaired) electrons. The molecule has 6 nitrogen and oxygen atoms in total. The number of nitrogens with zero attached hydrogens (tertiary/aromatic N) is 2. The maximum atomic E-state index is 11.5. The summed E-state index contributed by atoms with van der Waals surface area (Å²) in [5.74, 6) is -0.586. The highest BCUT2D eigenvalue weighted by atomic mass is 16.2. The summed E-state index contributed by atoms with van der Waals surface area (Å²) in [5, 5.41) is 2.30. The van der Waals surface area contributed by atoms with Crippen molar-refractivity contribution in [1.29, 1.82) is 0 Å². The number of hydrogen-bond donors (Lipinski definition) is 2. The van der Waals surface area contributed by atoms with Gasteiger partial charge in [-0.3, -0.25) is 19.9 Å². The van der Waals surface area contributed by atoms with Crippen molar-refractivity contribution in [2.75, 3.05) is 11.4 Å². The van der Waals surface area contributed by atoms with Crippen molar-refractivity contribution in [3.63, 3.8) is 0 Å². The van der Waals surface area contributed by atoms with Gasteiger partial charge in [0, 0.05) is 6.04 Å². The maximum absolute atomic E-state index is 11.5. The molecular weight excluding hydrogens is 232 g/mol. The predicted octanol–water partition coefficient (Wildman–Crippen LogP) is -0.0474. The van der Waals surface area contributed by atoms with Crippen molar-refractivity contribution < 1.29 is 9.59 Å². The number of pyridine rings is 1. The Balaban J connectivity index is 2.24. The van der Waals surface area contributed by atoms with E-state index in [1.165, 1.54) is 0 Å². The first-order valence-corrected chi connectivity index (χ1v) is 5.81. The van der Waals surface area contributed by atoms with Crippen LogP contribution in [0.1, 0.15) is 25.6 Å². The molecule has 2 amide bonds. The van der Waals surface area contributed by atoms with E-state index >= 15 is 0 Å². The van der Waals surface area contributed by atoms with E-state index in [9.17, 15) is 9.59 Å². The molecule has 1 fully saturated rings. The number of aromatic nitrogens is 1. The average Bonchev–Trinajstić information content (AvgIpc) is 2.34. The Labute approximate surface area is 105 Å². The lowest BCUT2D eigenvalue weighted by molar-refractivity contribution is -0.132. The fourth-order valence-electron chi connectivity index (χ4n) is 1.87. The van der Waals surface area contributed by atoms with Crippen LogP contribution in [-0.2, 0) is 9.59 Å². The van der Waals surface area contributed by atoms with Gasteiger partial charge in [-0.2, -0.15) is 0 Å². The Hall–Kier alpha value is -1.95. The van der Waals surface area contributed by atoms with Crippen molar-refractivity contribution in [1.82, 2.24) is 10.3 Å². The molecule has 18 heavy (non-hydrogen) atoms. The molecule has 1 aromatic rings. The molecule has 0 bridgehead atoms. The van der Waals surface area contributed by atoms with Crippen molar-refractivity contribution in [2.24, 2.45) is 5.73 Å². The quantitative estimate of drug-likeness (QED) is 0.716. The summed E-state index contributed by atoms with van der Waals surface area (Å²) in [7, 11) is 0. The van der Waals surface area contributed by atoms with E-state index in [4.69, 9.17) is 5.73 Å². The van der Waals surface area contributed by atoms with Crippen LogP contribution in [-0.4, -0.2) is 29.4 Å². The minimum Gasteiger partial charge on any atom is -0.349 e. The number of anilines is 1. The normalized spacial score (nSPS) is 21.7. The zero-order chi connectivity index (χ0) is 13.3. The molecule has 1 unspecified atom stereocenters. The van der Waals surface area contributed by atoms with Crippen molar-refractivity contribution >= 4 is 17.5 Å². The van der Waals surface area contributed by atoms with Gasteiger partial charge < -0.3 is 10.6 Å². The summed E-state index contributed by atoms with van der Waals surface area (Å²) >= 11 is 0. The summed E-state index contributed by atoms with van der Waals surface area (Å²) in [6.45, 7) is 3.76. The summed E-state index contributed by atoms with van der Waals surface area (Å²) in [6.07, 6.45) is 1.64. The second kappa shape index (κ2) is 4.73. The number of carbonyl (C=O) groups excluding carboxylic acids is 2. The van der Waals surface area contributed by atoms with Crippen molar-refractivity contribution in [3.05, 3.63) is 24.0 Å². The lowest BCUT2D eigenvalue weighted by atomic mass is 10.1. The number of rotatable bonds is 2. The van der Waals surface area contributed by atoms with Crippen LogP contribution >= 0.6 is 0 Å². The SMILES string of the molecule is CC1C(=O)NC(=O)CN1c1ccc([C@H](C)N)nc1. The van der Waals surface area contributed by atoms with Gasteiger partial charge in [0.15, 0.2) is 0 Å². The Morgan fingerprint density at radius 3 is 2.78 bits per heavy atom. The van der Waals surface area contributed by atoms with Crippen LogP contribution in [0, 0.1) is 0 Å². The first kappa shape index (κ1) is 12.5. The number of nitrogens with one attached hydrogen (secondary N) is 1. The second-order valence-corrected chi connectivity index (χ2v) is 4.45. The highest BCUT2D eigenvalue weighted by molar-refractivity contribution is 6.04. The van der Waals surface area contributed by atoms with Crippen LogP contribution in [0.4, 0.5) is 5.69 Å². The second-order valence-electron chi connectivity index (χ2n) is 4.45. The number of imide groups is 1. The van der Waals surface area contributed by atoms with Gasteiger partial charge in [0.05, 0.1) is 24.1 Å². The molecule has 1 aliphatic rings. The third kappa shape index (κ3) is 2.33. The van der Waals surface area contributed by atoms with E-state index in [-0.39, 0.29) is 30.4 Å². The van der Waals surface area contributed by atoms with Gasteiger partial charge >= 0.3 is 0 Å². The van der Waals surface area contributed by atoms with Crippen LogP contribution in [0.15, 0.2) is 18.3 Å². The van der Waals surface area contributed by atoms with E-state index < -0.39 is 0 Å². The summed E-state index contributed by atoms with van der Waals surface area (Å²) < 4.78 is 0. The molecule has 2 rings (SSSR count). The first-order valence-electron chi connectivity index (χ1n) is 5.81. The Bertz CT molecular complexity index is 469. The van der Waals surface area contributed by atoms with E-state index in [1.807, 2.05) is 19.1 Å². The molecule has 2 atom stereocenters. The van der Waals surface area contributed by atoms with Crippen molar-refractivity contribution in [3.8, 4) is 0 Å². The molecule has 0 spiro atoms. The molecule has 2 heterocycles. The highest BCUT2D eigenvalue weighted by Crippen LogP contribution is 2.19. The van der Waals surface area contributed by atoms with Gasteiger partial charge in [-0.25, -0.2) is 0 Å². The van der Waals surface area contributed by atoms with Crippen molar-refractivity contribution in [2.45, 2.75) is 25.9 Å². The van der Waals surface area contributed by atoms with Gasteiger partial charge in [-0.05, 0) is 26.0 Å². The number of hydrogen-bond acceptors (Lipinski definition) is 5. The first-order chi connectivity index (χ1) is 8.49. The fourth-order valence-corrected chi connectivity index (χ4v) is 1.87. The lowest BCUT2D eigenvalue weighted by Gasteiger charge is -2.33. The molecule has 0 aromatic carbocycles. The largest absolute Gasteiger partial charge is 0.349 e. The van der Waals surface area contributed by atoms with Gasteiger partial charge in [-0.15, -0.1) is 0 Å². The number of amides is 2. The van der Waals surface area contributed by atoms with Crippen LogP contribution < -0.4 is 16.0 Å². The summed E-state index contributed by atoms with van der Waals surface area (Å²) in [6, 6.07) is 3.12.